The van der Waals surface area contributed by atoms with Gasteiger partial charge in [-0.2, -0.15) is 0 Å². The van der Waals surface area contributed by atoms with E-state index < -0.39 is 19.5 Å². The second-order valence-corrected chi connectivity index (χ2v) is 10.7. The van der Waals surface area contributed by atoms with Crippen molar-refractivity contribution in [2.45, 2.75) is 72.4 Å². The average Bonchev–Trinajstić information content (AvgIpc) is 2.66. The third-order valence-corrected chi connectivity index (χ3v) is 6.32. The van der Waals surface area contributed by atoms with Gasteiger partial charge in [0.25, 0.3) is 0 Å². The summed E-state index contributed by atoms with van der Waals surface area (Å²) in [5.41, 5.74) is 3.19. The Labute approximate surface area is 191 Å². The van der Waals surface area contributed by atoms with Crippen LogP contribution in [0.4, 0.5) is 0 Å². The Balaban J connectivity index is 2.39. The van der Waals surface area contributed by atoms with Gasteiger partial charge in [-0.15, -0.1) is 0 Å². The number of nitrogens with one attached hydrogen (secondary N) is 1. The van der Waals surface area contributed by atoms with Crippen molar-refractivity contribution in [3.63, 3.8) is 0 Å². The SMILES string of the molecule is CCCCCc1cc(O)c(-c2cccc(C)c2)c(OP(C)(=O)N[C@@H](C)C(=O)OC(C)C)c1. The molecule has 2 rings (SSSR count). The van der Waals surface area contributed by atoms with Crippen LogP contribution < -0.4 is 9.61 Å². The second-order valence-electron chi connectivity index (χ2n) is 8.59. The zero-order valence-electron chi connectivity index (χ0n) is 20.0. The molecule has 0 bridgehead atoms. The summed E-state index contributed by atoms with van der Waals surface area (Å²) in [6.45, 7) is 10.6. The van der Waals surface area contributed by atoms with Crippen molar-refractivity contribution in [1.82, 2.24) is 5.09 Å². The standard InChI is InChI=1S/C25H36NO5P/c1-7-8-9-12-20-15-22(27)24(21-13-10-11-18(4)14-21)23(16-20)31-32(6,29)26-19(5)25(28)30-17(2)3/h10-11,13-17,19,27H,7-9,12H2,1-6H3,(H,26,29)/t19-,32?/m0/s1. The molecule has 0 spiro atoms. The summed E-state index contributed by atoms with van der Waals surface area (Å²) in [5, 5.41) is 13.6. The molecule has 0 saturated heterocycles. The highest BCUT2D eigenvalue weighted by atomic mass is 31.2. The molecule has 0 aliphatic rings. The molecule has 2 N–H and O–H groups in total. The Kier molecular flexibility index (Phi) is 9.35. The third-order valence-electron chi connectivity index (χ3n) is 4.92. The Morgan fingerprint density at radius 1 is 1.16 bits per heavy atom. The summed E-state index contributed by atoms with van der Waals surface area (Å²) in [6, 6.07) is 10.5. The van der Waals surface area contributed by atoms with E-state index in [1.165, 1.54) is 6.66 Å². The van der Waals surface area contributed by atoms with Gasteiger partial charge in [-0.3, -0.25) is 9.36 Å². The van der Waals surface area contributed by atoms with Gasteiger partial charge in [0, 0.05) is 6.66 Å². The second kappa shape index (κ2) is 11.5. The highest BCUT2D eigenvalue weighted by molar-refractivity contribution is 7.56. The first-order valence-electron chi connectivity index (χ1n) is 11.2. The topological polar surface area (TPSA) is 84.9 Å². The van der Waals surface area contributed by atoms with E-state index in [9.17, 15) is 14.5 Å². The molecule has 0 radical (unpaired) electrons. The van der Waals surface area contributed by atoms with Crippen molar-refractivity contribution in [1.29, 1.82) is 0 Å². The maximum atomic E-state index is 13.3. The molecule has 176 valence electrons. The van der Waals surface area contributed by atoms with Crippen LogP contribution in [0.2, 0.25) is 0 Å². The molecule has 2 aromatic carbocycles. The molecule has 0 fully saturated rings. The van der Waals surface area contributed by atoms with Crippen molar-refractivity contribution in [3.8, 4) is 22.6 Å². The number of aromatic hydroxyl groups is 1. The largest absolute Gasteiger partial charge is 0.507 e. The first kappa shape index (κ1) is 26.0. The summed E-state index contributed by atoms with van der Waals surface area (Å²) in [5.74, 6) is -0.0996. The number of aryl methyl sites for hydroxylation is 2. The highest BCUT2D eigenvalue weighted by Crippen LogP contribution is 2.47. The van der Waals surface area contributed by atoms with Gasteiger partial charge in [0.05, 0.1) is 11.7 Å². The van der Waals surface area contributed by atoms with E-state index in [2.05, 4.69) is 12.0 Å². The van der Waals surface area contributed by atoms with Crippen molar-refractivity contribution in [3.05, 3.63) is 47.5 Å². The summed E-state index contributed by atoms with van der Waals surface area (Å²) in [7, 11) is -3.46. The first-order valence-corrected chi connectivity index (χ1v) is 13.3. The molecule has 0 aliphatic heterocycles. The molecule has 32 heavy (non-hydrogen) atoms. The Bertz CT molecular complexity index is 973. The van der Waals surface area contributed by atoms with E-state index in [1.807, 2.05) is 37.3 Å². The van der Waals surface area contributed by atoms with E-state index in [4.69, 9.17) is 9.26 Å². The van der Waals surface area contributed by atoms with E-state index >= 15 is 0 Å². The summed E-state index contributed by atoms with van der Waals surface area (Å²) < 4.78 is 24.4. The summed E-state index contributed by atoms with van der Waals surface area (Å²) in [4.78, 5) is 12.2. The zero-order chi connectivity index (χ0) is 23.9. The highest BCUT2D eigenvalue weighted by Gasteiger charge is 2.28. The van der Waals surface area contributed by atoms with Crippen molar-refractivity contribution >= 4 is 13.5 Å². The van der Waals surface area contributed by atoms with Crippen LogP contribution in [0.3, 0.4) is 0 Å². The van der Waals surface area contributed by atoms with Crippen LogP contribution in [-0.4, -0.2) is 29.9 Å². The van der Waals surface area contributed by atoms with Gasteiger partial charge in [0.15, 0.2) is 0 Å². The van der Waals surface area contributed by atoms with E-state index in [0.29, 0.717) is 11.3 Å². The van der Waals surface area contributed by atoms with E-state index in [-0.39, 0.29) is 11.9 Å². The lowest BCUT2D eigenvalue weighted by molar-refractivity contribution is -0.149. The number of carbonyl (C=O) groups excluding carboxylic acids is 1. The molecule has 2 aromatic rings. The molecule has 0 amide bonds. The zero-order valence-corrected chi connectivity index (χ0v) is 20.9. The Morgan fingerprint density at radius 3 is 2.50 bits per heavy atom. The first-order chi connectivity index (χ1) is 15.0. The number of hydrogen-bond acceptors (Lipinski definition) is 5. The normalized spacial score (nSPS) is 14.1. The molecule has 6 nitrogen and oxygen atoms in total. The Hall–Kier alpha value is -2.30. The van der Waals surface area contributed by atoms with Crippen LogP contribution in [0.15, 0.2) is 36.4 Å². The fourth-order valence-electron chi connectivity index (χ4n) is 3.50. The number of rotatable bonds is 11. The maximum absolute atomic E-state index is 13.3. The lowest BCUT2D eigenvalue weighted by Crippen LogP contribution is -2.35. The molecule has 0 aliphatic carbocycles. The number of esters is 1. The molecule has 0 saturated carbocycles. The number of phenols is 1. The molecule has 0 heterocycles. The number of hydrogen-bond donors (Lipinski definition) is 2. The molecule has 7 heteroatoms. The van der Waals surface area contributed by atoms with Gasteiger partial charge >= 0.3 is 13.5 Å². The predicted molar refractivity (Wildman–Crippen MR) is 129 cm³/mol. The summed E-state index contributed by atoms with van der Waals surface area (Å²) in [6.07, 6.45) is 3.67. The van der Waals surface area contributed by atoms with Crippen LogP contribution in [0, 0.1) is 6.92 Å². The average molecular weight is 462 g/mol. The lowest BCUT2D eigenvalue weighted by atomic mass is 9.98. The van der Waals surface area contributed by atoms with Gasteiger partial charge in [-0.1, -0.05) is 49.6 Å². The van der Waals surface area contributed by atoms with Gasteiger partial charge in [-0.25, -0.2) is 5.09 Å². The molecule has 0 aromatic heterocycles. The maximum Gasteiger partial charge on any atom is 0.323 e. The van der Waals surface area contributed by atoms with Crippen molar-refractivity contribution in [2.75, 3.05) is 6.66 Å². The van der Waals surface area contributed by atoms with Crippen molar-refractivity contribution in [2.24, 2.45) is 0 Å². The van der Waals surface area contributed by atoms with E-state index in [0.717, 1.165) is 42.4 Å². The number of benzene rings is 2. The van der Waals surface area contributed by atoms with Crippen molar-refractivity contribution < 1.29 is 23.7 Å². The van der Waals surface area contributed by atoms with Crippen LogP contribution >= 0.6 is 7.52 Å². The smallest absolute Gasteiger partial charge is 0.323 e. The fraction of sp³-hybridized carbons (Fsp3) is 0.480. The van der Waals surface area contributed by atoms with Gasteiger partial charge in [0.2, 0.25) is 0 Å². The van der Waals surface area contributed by atoms with Crippen LogP contribution in [0.5, 0.6) is 11.5 Å². The van der Waals surface area contributed by atoms with Crippen LogP contribution in [-0.2, 0) is 20.5 Å². The van der Waals surface area contributed by atoms with Gasteiger partial charge in [-0.05, 0) is 63.8 Å². The van der Waals surface area contributed by atoms with Crippen LogP contribution in [0.25, 0.3) is 11.1 Å². The number of carbonyl (C=O) groups is 1. The lowest BCUT2D eigenvalue weighted by Gasteiger charge is -2.23. The number of phenolic OH excluding ortho intramolecular Hbond substituents is 1. The van der Waals surface area contributed by atoms with Crippen LogP contribution in [0.1, 0.15) is 58.1 Å². The minimum atomic E-state index is -3.46. The quantitative estimate of drug-likeness (QED) is 0.234. The number of ether oxygens (including phenoxy) is 1. The molecule has 1 unspecified atom stereocenters. The number of unbranched alkanes of at least 4 members (excludes halogenated alkanes) is 2. The molecular formula is C25H36NO5P. The van der Waals surface area contributed by atoms with Gasteiger partial charge < -0.3 is 14.4 Å². The fourth-order valence-corrected chi connectivity index (χ4v) is 4.88. The summed E-state index contributed by atoms with van der Waals surface area (Å²) >= 11 is 0. The third kappa shape index (κ3) is 7.68. The minimum Gasteiger partial charge on any atom is -0.507 e. The monoisotopic (exact) mass is 461 g/mol. The minimum absolute atomic E-state index is 0.0758. The predicted octanol–water partition coefficient (Wildman–Crippen LogP) is 6.23. The molecular weight excluding hydrogens is 425 g/mol. The van der Waals surface area contributed by atoms with Gasteiger partial charge in [0.1, 0.15) is 17.5 Å². The molecule has 2 atom stereocenters. The van der Waals surface area contributed by atoms with E-state index in [1.54, 1.807) is 26.8 Å². The Morgan fingerprint density at radius 2 is 1.88 bits per heavy atom.